The van der Waals surface area contributed by atoms with Crippen LogP contribution in [0.1, 0.15) is 12.8 Å². The second-order valence-electron chi connectivity index (χ2n) is 4.49. The van der Waals surface area contributed by atoms with E-state index >= 15 is 0 Å². The van der Waals surface area contributed by atoms with E-state index in [1.165, 1.54) is 0 Å². The lowest BCUT2D eigenvalue weighted by Gasteiger charge is -2.37. The fraction of sp³-hybridized carbons (Fsp3) is 0.538. The second kappa shape index (κ2) is 5.38. The van der Waals surface area contributed by atoms with E-state index < -0.39 is 0 Å². The summed E-state index contributed by atoms with van der Waals surface area (Å²) in [5, 5.41) is 3.49. The van der Waals surface area contributed by atoms with E-state index in [2.05, 4.69) is 5.32 Å². The summed E-state index contributed by atoms with van der Waals surface area (Å²) in [6.07, 6.45) is 2.11. The Morgan fingerprint density at radius 1 is 1.41 bits per heavy atom. The molecule has 1 aliphatic rings. The number of hydrogen-bond acceptors (Lipinski definition) is 4. The van der Waals surface area contributed by atoms with Crippen molar-refractivity contribution in [2.45, 2.75) is 18.4 Å². The zero-order valence-electron chi connectivity index (χ0n) is 10.2. The Kier molecular flexibility index (Phi) is 3.86. The average molecular weight is 236 g/mol. The molecule has 0 aliphatic carbocycles. The lowest BCUT2D eigenvalue weighted by molar-refractivity contribution is 0.0502. The number of nitrogens with two attached hydrogens (primary N) is 1. The molecule has 0 bridgehead atoms. The summed E-state index contributed by atoms with van der Waals surface area (Å²) in [5.74, 6) is 0.859. The van der Waals surface area contributed by atoms with Crippen LogP contribution < -0.4 is 15.8 Å². The fourth-order valence-corrected chi connectivity index (χ4v) is 2.14. The van der Waals surface area contributed by atoms with Gasteiger partial charge in [0, 0.05) is 18.8 Å². The molecule has 4 heteroatoms. The molecule has 0 amide bonds. The van der Waals surface area contributed by atoms with Gasteiger partial charge in [0.05, 0.1) is 19.3 Å². The van der Waals surface area contributed by atoms with Gasteiger partial charge in [0.1, 0.15) is 5.75 Å². The monoisotopic (exact) mass is 236 g/mol. The summed E-state index contributed by atoms with van der Waals surface area (Å²) < 4.78 is 10.7. The van der Waals surface area contributed by atoms with Crippen LogP contribution in [0.5, 0.6) is 5.75 Å². The minimum atomic E-state index is -0.118. The molecule has 1 heterocycles. The van der Waals surface area contributed by atoms with Crippen molar-refractivity contribution in [2.75, 3.05) is 32.2 Å². The first-order valence-corrected chi connectivity index (χ1v) is 5.98. The van der Waals surface area contributed by atoms with Gasteiger partial charge in [0.15, 0.2) is 0 Å². The van der Waals surface area contributed by atoms with E-state index in [4.69, 9.17) is 15.2 Å². The topological polar surface area (TPSA) is 56.5 Å². The van der Waals surface area contributed by atoms with Gasteiger partial charge in [-0.05, 0) is 37.1 Å². The SMILES string of the molecule is COc1ccc(NC2(CN)CCCOC2)cc1. The number of nitrogens with one attached hydrogen (secondary N) is 1. The smallest absolute Gasteiger partial charge is 0.119 e. The number of rotatable bonds is 4. The van der Waals surface area contributed by atoms with Crippen molar-refractivity contribution in [2.24, 2.45) is 5.73 Å². The van der Waals surface area contributed by atoms with Gasteiger partial charge in [0.25, 0.3) is 0 Å². The zero-order chi connectivity index (χ0) is 12.1. The summed E-state index contributed by atoms with van der Waals surface area (Å²) in [4.78, 5) is 0. The molecule has 1 aromatic carbocycles. The van der Waals surface area contributed by atoms with Crippen molar-refractivity contribution < 1.29 is 9.47 Å². The van der Waals surface area contributed by atoms with Crippen molar-refractivity contribution in [3.05, 3.63) is 24.3 Å². The fourth-order valence-electron chi connectivity index (χ4n) is 2.14. The van der Waals surface area contributed by atoms with Crippen LogP contribution in [0, 0.1) is 0 Å². The highest BCUT2D eigenvalue weighted by Crippen LogP contribution is 2.25. The molecule has 1 aromatic rings. The first kappa shape index (κ1) is 12.2. The van der Waals surface area contributed by atoms with Gasteiger partial charge in [-0.1, -0.05) is 0 Å². The van der Waals surface area contributed by atoms with E-state index in [0.717, 1.165) is 30.9 Å². The molecule has 0 aromatic heterocycles. The van der Waals surface area contributed by atoms with E-state index in [9.17, 15) is 0 Å². The summed E-state index contributed by atoms with van der Waals surface area (Å²) in [6, 6.07) is 7.89. The van der Waals surface area contributed by atoms with Crippen molar-refractivity contribution in [1.82, 2.24) is 0 Å². The van der Waals surface area contributed by atoms with E-state index in [1.807, 2.05) is 24.3 Å². The third-order valence-electron chi connectivity index (χ3n) is 3.21. The van der Waals surface area contributed by atoms with Crippen molar-refractivity contribution >= 4 is 5.69 Å². The number of ether oxygens (including phenoxy) is 2. The third-order valence-corrected chi connectivity index (χ3v) is 3.21. The molecule has 17 heavy (non-hydrogen) atoms. The van der Waals surface area contributed by atoms with E-state index in [1.54, 1.807) is 7.11 Å². The average Bonchev–Trinajstić information content (AvgIpc) is 2.41. The number of methoxy groups -OCH3 is 1. The molecule has 1 unspecified atom stereocenters. The highest BCUT2D eigenvalue weighted by Gasteiger charge is 2.31. The molecular formula is C13H20N2O2. The summed E-state index contributed by atoms with van der Waals surface area (Å²) >= 11 is 0. The molecule has 2 rings (SSSR count). The minimum absolute atomic E-state index is 0.118. The Morgan fingerprint density at radius 2 is 2.18 bits per heavy atom. The van der Waals surface area contributed by atoms with Crippen LogP contribution in [0.4, 0.5) is 5.69 Å². The lowest BCUT2D eigenvalue weighted by atomic mass is 9.92. The standard InChI is InChI=1S/C13H20N2O2/c1-16-12-5-3-11(4-6-12)15-13(9-14)7-2-8-17-10-13/h3-6,15H,2,7-10,14H2,1H3. The van der Waals surface area contributed by atoms with Crippen molar-refractivity contribution in [1.29, 1.82) is 0 Å². The summed E-state index contributed by atoms with van der Waals surface area (Å²) in [5.41, 5.74) is 6.81. The maximum Gasteiger partial charge on any atom is 0.119 e. The van der Waals surface area contributed by atoms with Crippen LogP contribution in [0.3, 0.4) is 0 Å². The quantitative estimate of drug-likeness (QED) is 0.834. The predicted octanol–water partition coefficient (Wildman–Crippen LogP) is 1.61. The van der Waals surface area contributed by atoms with Gasteiger partial charge >= 0.3 is 0 Å². The van der Waals surface area contributed by atoms with Gasteiger partial charge in [-0.2, -0.15) is 0 Å². The predicted molar refractivity (Wildman–Crippen MR) is 68.5 cm³/mol. The molecule has 1 aliphatic heterocycles. The van der Waals surface area contributed by atoms with Crippen LogP contribution >= 0.6 is 0 Å². The third kappa shape index (κ3) is 2.90. The van der Waals surface area contributed by atoms with Gasteiger partial charge in [-0.15, -0.1) is 0 Å². The normalized spacial score (nSPS) is 24.4. The van der Waals surface area contributed by atoms with Gasteiger partial charge in [-0.3, -0.25) is 0 Å². The zero-order valence-corrected chi connectivity index (χ0v) is 10.2. The summed E-state index contributed by atoms with van der Waals surface area (Å²) in [7, 11) is 1.67. The van der Waals surface area contributed by atoms with Crippen LogP contribution in [-0.4, -0.2) is 32.4 Å². The highest BCUT2D eigenvalue weighted by atomic mass is 16.5. The van der Waals surface area contributed by atoms with Crippen molar-refractivity contribution in [3.8, 4) is 5.75 Å². The molecule has 1 saturated heterocycles. The molecule has 1 fully saturated rings. The van der Waals surface area contributed by atoms with Gasteiger partial charge < -0.3 is 20.5 Å². The molecule has 3 N–H and O–H groups in total. The Hall–Kier alpha value is -1.26. The minimum Gasteiger partial charge on any atom is -0.497 e. The molecule has 1 atom stereocenters. The van der Waals surface area contributed by atoms with Crippen LogP contribution in [0.15, 0.2) is 24.3 Å². The molecule has 0 spiro atoms. The summed E-state index contributed by atoms with van der Waals surface area (Å²) in [6.45, 7) is 2.10. The molecule has 0 radical (unpaired) electrons. The van der Waals surface area contributed by atoms with Crippen LogP contribution in [0.2, 0.25) is 0 Å². The molecule has 4 nitrogen and oxygen atoms in total. The largest absolute Gasteiger partial charge is 0.497 e. The highest BCUT2D eigenvalue weighted by molar-refractivity contribution is 5.48. The molecule has 0 saturated carbocycles. The Bertz CT molecular complexity index is 345. The Morgan fingerprint density at radius 3 is 2.71 bits per heavy atom. The maximum absolute atomic E-state index is 5.87. The lowest BCUT2D eigenvalue weighted by Crippen LogP contribution is -2.51. The Balaban J connectivity index is 2.06. The van der Waals surface area contributed by atoms with Gasteiger partial charge in [-0.25, -0.2) is 0 Å². The van der Waals surface area contributed by atoms with Crippen LogP contribution in [0.25, 0.3) is 0 Å². The second-order valence-corrected chi connectivity index (χ2v) is 4.49. The van der Waals surface area contributed by atoms with Crippen molar-refractivity contribution in [3.63, 3.8) is 0 Å². The molecule has 94 valence electrons. The first-order chi connectivity index (χ1) is 8.28. The van der Waals surface area contributed by atoms with Crippen LogP contribution in [-0.2, 0) is 4.74 Å². The number of benzene rings is 1. The van der Waals surface area contributed by atoms with Gasteiger partial charge in [0.2, 0.25) is 0 Å². The van der Waals surface area contributed by atoms with E-state index in [0.29, 0.717) is 13.2 Å². The number of anilines is 1. The number of hydrogen-bond donors (Lipinski definition) is 2. The molecular weight excluding hydrogens is 216 g/mol. The Labute approximate surface area is 102 Å². The van der Waals surface area contributed by atoms with E-state index in [-0.39, 0.29) is 5.54 Å². The maximum atomic E-state index is 5.87. The first-order valence-electron chi connectivity index (χ1n) is 5.98.